The molecule has 1 aliphatic rings. The van der Waals surface area contributed by atoms with Crippen LogP contribution in [0, 0.1) is 0 Å². The number of ether oxygens (including phenoxy) is 6. The molecular weight excluding hydrogens is 628 g/mol. The van der Waals surface area contributed by atoms with Crippen LogP contribution in [0.15, 0.2) is 121 Å². The number of esters is 4. The largest absolute Gasteiger partial charge is 0.462 e. The molecule has 10 nitrogen and oxygen atoms in total. The van der Waals surface area contributed by atoms with Crippen LogP contribution < -0.4 is 0 Å². The minimum atomic E-state index is -1.62. The van der Waals surface area contributed by atoms with Crippen LogP contribution in [-0.4, -0.2) is 67.1 Å². The summed E-state index contributed by atoms with van der Waals surface area (Å²) >= 11 is 5.67. The zero-order valence-electron chi connectivity index (χ0n) is 25.0. The van der Waals surface area contributed by atoms with Gasteiger partial charge in [-0.1, -0.05) is 84.9 Å². The van der Waals surface area contributed by atoms with Crippen molar-refractivity contribution in [2.24, 2.45) is 0 Å². The van der Waals surface area contributed by atoms with E-state index in [1.54, 1.807) is 78.9 Å². The van der Waals surface area contributed by atoms with Gasteiger partial charge in [0.05, 0.1) is 23.3 Å². The summed E-state index contributed by atoms with van der Waals surface area (Å²) in [5.41, 5.74) is 1.35. The molecule has 1 heterocycles. The molecule has 47 heavy (non-hydrogen) atoms. The van der Waals surface area contributed by atoms with E-state index >= 15 is 0 Å². The van der Waals surface area contributed by atoms with Gasteiger partial charge in [-0.15, -0.1) is 11.6 Å². The maximum Gasteiger partial charge on any atom is 0.340 e. The fourth-order valence-electron chi connectivity index (χ4n) is 4.83. The number of alkyl halides is 1. The summed E-state index contributed by atoms with van der Waals surface area (Å²) in [4.78, 5) is 52.4. The minimum absolute atomic E-state index is 0.0159. The predicted molar refractivity (Wildman–Crippen MR) is 169 cm³/mol. The van der Waals surface area contributed by atoms with Gasteiger partial charge in [0.15, 0.2) is 6.10 Å². The Morgan fingerprint density at radius 2 is 1.02 bits per heavy atom. The number of carbonyl (C=O) groups excluding carboxylic acids is 4. The quantitative estimate of drug-likeness (QED) is 0.111. The molecule has 1 fully saturated rings. The Balaban J connectivity index is 1.55. The third-order valence-corrected chi connectivity index (χ3v) is 7.35. The summed E-state index contributed by atoms with van der Waals surface area (Å²) in [6.45, 7) is -0.398. The van der Waals surface area contributed by atoms with Crippen molar-refractivity contribution in [1.29, 1.82) is 0 Å². The molecule has 0 aliphatic carbocycles. The van der Waals surface area contributed by atoms with E-state index in [9.17, 15) is 19.2 Å². The highest BCUT2D eigenvalue weighted by atomic mass is 35.5. The van der Waals surface area contributed by atoms with Crippen LogP contribution in [0.3, 0.4) is 0 Å². The fraction of sp³-hybridized carbons (Fsp3) is 0.222. The van der Waals surface area contributed by atoms with Crippen LogP contribution in [0.1, 0.15) is 36.6 Å². The number of benzene rings is 4. The molecule has 4 aromatic rings. The molecule has 0 spiro atoms. The molecule has 0 bridgehead atoms. The molecular formula is C36H31ClO10. The van der Waals surface area contributed by atoms with Gasteiger partial charge in [0.25, 0.3) is 0 Å². The minimum Gasteiger partial charge on any atom is -0.462 e. The van der Waals surface area contributed by atoms with Crippen molar-refractivity contribution in [3.63, 3.8) is 0 Å². The lowest BCUT2D eigenvalue weighted by atomic mass is 9.97. The van der Waals surface area contributed by atoms with Crippen LogP contribution in [0.2, 0.25) is 0 Å². The van der Waals surface area contributed by atoms with Gasteiger partial charge in [-0.25, -0.2) is 14.4 Å². The van der Waals surface area contributed by atoms with Crippen LogP contribution in [0.5, 0.6) is 0 Å². The molecule has 1 aliphatic heterocycles. The predicted octanol–water partition coefficient (Wildman–Crippen LogP) is 5.39. The van der Waals surface area contributed by atoms with Crippen molar-refractivity contribution in [1.82, 2.24) is 0 Å². The monoisotopic (exact) mass is 658 g/mol. The van der Waals surface area contributed by atoms with Crippen LogP contribution in [0.4, 0.5) is 0 Å². The smallest absolute Gasteiger partial charge is 0.340 e. The number of carbonyl (C=O) groups is 4. The van der Waals surface area contributed by atoms with Crippen molar-refractivity contribution >= 4 is 35.5 Å². The normalized spacial score (nSPS) is 20.4. The lowest BCUT2D eigenvalue weighted by Gasteiger charge is -2.44. The first-order chi connectivity index (χ1) is 22.9. The molecule has 5 atom stereocenters. The molecule has 242 valence electrons. The molecule has 0 radical (unpaired) electrons. The van der Waals surface area contributed by atoms with Gasteiger partial charge in [-0.3, -0.25) is 4.79 Å². The molecule has 4 aromatic carbocycles. The molecule has 0 saturated carbocycles. The van der Waals surface area contributed by atoms with Gasteiger partial charge in [-0.05, 0) is 42.0 Å². The fourth-order valence-corrected chi connectivity index (χ4v) is 4.91. The van der Waals surface area contributed by atoms with E-state index in [0.29, 0.717) is 0 Å². The zero-order chi connectivity index (χ0) is 33.0. The van der Waals surface area contributed by atoms with Gasteiger partial charge in [0, 0.05) is 0 Å². The van der Waals surface area contributed by atoms with E-state index in [0.717, 1.165) is 5.56 Å². The summed E-state index contributed by atoms with van der Waals surface area (Å²) in [5.74, 6) is -3.54. The Kier molecular flexibility index (Phi) is 11.7. The van der Waals surface area contributed by atoms with Crippen LogP contribution in [0.25, 0.3) is 0 Å². The topological polar surface area (TPSA) is 124 Å². The van der Waals surface area contributed by atoms with Crippen molar-refractivity contribution in [3.8, 4) is 0 Å². The van der Waals surface area contributed by atoms with Gasteiger partial charge < -0.3 is 28.4 Å². The molecule has 0 aromatic heterocycles. The van der Waals surface area contributed by atoms with E-state index in [2.05, 4.69) is 0 Å². The Morgan fingerprint density at radius 1 is 0.574 bits per heavy atom. The molecule has 1 saturated heterocycles. The SMILES string of the molecule is O=C(CCl)OC[C@H]1O[C@@H](OC(=O)c2ccccc2)[C@H](OC(=O)c2ccccc2)[C@@H](OC(=O)c2ccccc2)[C@@H]1OCc1ccccc1. The third kappa shape index (κ3) is 9.04. The first-order valence-electron chi connectivity index (χ1n) is 14.7. The highest BCUT2D eigenvalue weighted by Crippen LogP contribution is 2.32. The maximum atomic E-state index is 13.5. The first-order valence-corrected chi connectivity index (χ1v) is 15.3. The molecule has 11 heteroatoms. The van der Waals surface area contributed by atoms with Gasteiger partial charge in [0.1, 0.15) is 24.7 Å². The molecule has 0 unspecified atom stereocenters. The molecule has 0 amide bonds. The third-order valence-electron chi connectivity index (χ3n) is 7.13. The Hall–Kier alpha value is -5.03. The molecule has 5 rings (SSSR count). The summed E-state index contributed by atoms with van der Waals surface area (Å²) in [6.07, 6.45) is -6.92. The van der Waals surface area contributed by atoms with Gasteiger partial charge in [0.2, 0.25) is 12.4 Å². The highest BCUT2D eigenvalue weighted by molar-refractivity contribution is 6.26. The lowest BCUT2D eigenvalue weighted by Crippen LogP contribution is -2.63. The Morgan fingerprint density at radius 3 is 1.51 bits per heavy atom. The average molecular weight is 659 g/mol. The second kappa shape index (κ2) is 16.5. The highest BCUT2D eigenvalue weighted by Gasteiger charge is 2.53. The van der Waals surface area contributed by atoms with Gasteiger partial charge >= 0.3 is 23.9 Å². The Bertz CT molecular complexity index is 1620. The summed E-state index contributed by atoms with van der Waals surface area (Å²) < 4.78 is 35.5. The van der Waals surface area contributed by atoms with E-state index in [-0.39, 0.29) is 23.3 Å². The second-order valence-corrected chi connectivity index (χ2v) is 10.6. The van der Waals surface area contributed by atoms with Crippen molar-refractivity contribution in [2.45, 2.75) is 37.3 Å². The number of hydrogen-bond acceptors (Lipinski definition) is 10. The van der Waals surface area contributed by atoms with Crippen LogP contribution >= 0.6 is 11.6 Å². The first kappa shape index (κ1) is 33.3. The number of halogens is 1. The lowest BCUT2D eigenvalue weighted by molar-refractivity contribution is -0.293. The van der Waals surface area contributed by atoms with Gasteiger partial charge in [-0.2, -0.15) is 0 Å². The second-order valence-electron chi connectivity index (χ2n) is 10.4. The average Bonchev–Trinajstić information content (AvgIpc) is 3.12. The number of hydrogen-bond donors (Lipinski definition) is 0. The summed E-state index contributed by atoms with van der Waals surface area (Å²) in [7, 11) is 0. The summed E-state index contributed by atoms with van der Waals surface area (Å²) in [6, 6.07) is 33.5. The van der Waals surface area contributed by atoms with Crippen molar-refractivity contribution in [2.75, 3.05) is 12.5 Å². The number of rotatable bonds is 12. The van der Waals surface area contributed by atoms with E-state index < -0.39 is 67.1 Å². The van der Waals surface area contributed by atoms with Crippen molar-refractivity contribution in [3.05, 3.63) is 144 Å². The van der Waals surface area contributed by atoms with Crippen LogP contribution in [-0.2, 0) is 39.8 Å². The van der Waals surface area contributed by atoms with E-state index in [1.165, 1.54) is 12.1 Å². The van der Waals surface area contributed by atoms with E-state index in [1.807, 2.05) is 30.3 Å². The standard InChI is InChI=1S/C36H31ClO10/c37-21-29(38)42-23-28-30(43-22-24-13-5-1-6-14-24)31(45-33(39)25-15-7-2-8-16-25)32(46-34(40)26-17-9-3-10-18-26)36(44-28)47-35(41)27-19-11-4-12-20-27/h1-20,28,30-32,36H,21-23H2/t28-,30-,31+,32-,36+/m1/s1. The zero-order valence-corrected chi connectivity index (χ0v) is 25.8. The molecule has 0 N–H and O–H groups in total. The Labute approximate surface area is 276 Å². The maximum absolute atomic E-state index is 13.5. The van der Waals surface area contributed by atoms with E-state index in [4.69, 9.17) is 40.0 Å². The summed E-state index contributed by atoms with van der Waals surface area (Å²) in [5, 5.41) is 0. The van der Waals surface area contributed by atoms with Crippen molar-refractivity contribution < 1.29 is 47.6 Å².